The standard InChI is InChI=1S/C29H29FN4O4/c1-16(2)34-11-8-29(9-12-34)37-24-6-4-18(14-23(24)28(36)38-29)21-15-22(26(31)33-25(21)30)17-3-5-20-19(13-17)7-10-32-27(20)35/h3-6,13-16H,7-12H2,1-2H3,(H2,31,33)(H,32,35). The van der Waals surface area contributed by atoms with Crippen molar-refractivity contribution >= 4 is 17.7 Å². The molecule has 3 aliphatic rings. The smallest absolute Gasteiger partial charge is 0.345 e. The van der Waals surface area contributed by atoms with Gasteiger partial charge >= 0.3 is 5.97 Å². The summed E-state index contributed by atoms with van der Waals surface area (Å²) in [5, 5.41) is 2.82. The van der Waals surface area contributed by atoms with Crippen molar-refractivity contribution in [3.8, 4) is 28.0 Å². The predicted octanol–water partition coefficient (Wildman–Crippen LogP) is 4.17. The maximum absolute atomic E-state index is 15.1. The molecule has 3 aromatic rings. The second-order valence-electron chi connectivity index (χ2n) is 10.4. The molecule has 38 heavy (non-hydrogen) atoms. The van der Waals surface area contributed by atoms with Crippen LogP contribution < -0.4 is 15.8 Å². The van der Waals surface area contributed by atoms with E-state index in [-0.39, 0.29) is 22.9 Å². The van der Waals surface area contributed by atoms with E-state index < -0.39 is 17.7 Å². The number of carbonyl (C=O) groups is 2. The minimum absolute atomic E-state index is 0.0434. The minimum Gasteiger partial charge on any atom is -0.451 e. The van der Waals surface area contributed by atoms with Gasteiger partial charge < -0.3 is 25.4 Å². The number of carbonyl (C=O) groups excluding carboxylic acids is 2. The van der Waals surface area contributed by atoms with Gasteiger partial charge in [-0.1, -0.05) is 18.2 Å². The summed E-state index contributed by atoms with van der Waals surface area (Å²) in [6.45, 7) is 6.39. The highest BCUT2D eigenvalue weighted by molar-refractivity contribution is 5.98. The molecular formula is C29H29FN4O4. The Morgan fingerprint density at radius 1 is 0.974 bits per heavy atom. The molecule has 0 bridgehead atoms. The zero-order valence-corrected chi connectivity index (χ0v) is 21.3. The number of likely N-dealkylation sites (tertiary alicyclic amines) is 1. The molecule has 1 spiro atoms. The van der Waals surface area contributed by atoms with Gasteiger partial charge in [0.05, 0.1) is 0 Å². The number of nitrogens with two attached hydrogens (primary N) is 1. The van der Waals surface area contributed by atoms with Crippen LogP contribution in [-0.4, -0.2) is 53.2 Å². The Hall–Kier alpha value is -3.98. The van der Waals surface area contributed by atoms with Crippen LogP contribution in [0.4, 0.5) is 10.2 Å². The second-order valence-corrected chi connectivity index (χ2v) is 10.4. The molecule has 3 aliphatic heterocycles. The fraction of sp³-hybridized carbons (Fsp3) is 0.345. The molecule has 2 aromatic carbocycles. The topological polar surface area (TPSA) is 107 Å². The lowest BCUT2D eigenvalue weighted by Gasteiger charge is -2.44. The average molecular weight is 517 g/mol. The maximum atomic E-state index is 15.1. The summed E-state index contributed by atoms with van der Waals surface area (Å²) in [7, 11) is 0. The predicted molar refractivity (Wildman–Crippen MR) is 140 cm³/mol. The second kappa shape index (κ2) is 9.09. The Balaban J connectivity index is 1.32. The van der Waals surface area contributed by atoms with E-state index in [9.17, 15) is 9.59 Å². The highest BCUT2D eigenvalue weighted by Crippen LogP contribution is 2.40. The number of hydrogen-bond acceptors (Lipinski definition) is 7. The molecule has 8 nitrogen and oxygen atoms in total. The number of hydrogen-bond donors (Lipinski definition) is 2. The van der Waals surface area contributed by atoms with Crippen LogP contribution in [0.5, 0.6) is 5.75 Å². The number of aromatic nitrogens is 1. The van der Waals surface area contributed by atoms with E-state index in [2.05, 4.69) is 29.0 Å². The Kier molecular flexibility index (Phi) is 5.83. The lowest BCUT2D eigenvalue weighted by Crippen LogP contribution is -2.53. The third-order valence-electron chi connectivity index (χ3n) is 7.72. The minimum atomic E-state index is -0.971. The zero-order valence-electron chi connectivity index (χ0n) is 21.3. The molecule has 1 saturated heterocycles. The summed E-state index contributed by atoms with van der Waals surface area (Å²) in [6.07, 6.45) is 1.86. The van der Waals surface area contributed by atoms with Gasteiger partial charge in [-0.05, 0) is 61.2 Å². The number of halogens is 1. The van der Waals surface area contributed by atoms with Crippen LogP contribution in [0.1, 0.15) is 53.0 Å². The van der Waals surface area contributed by atoms with Crippen molar-refractivity contribution in [2.24, 2.45) is 0 Å². The molecule has 1 fully saturated rings. The number of rotatable bonds is 3. The summed E-state index contributed by atoms with van der Waals surface area (Å²) in [5.74, 6) is -1.84. The summed E-state index contributed by atoms with van der Waals surface area (Å²) in [5.41, 5.74) is 9.82. The van der Waals surface area contributed by atoms with Crippen LogP contribution in [0, 0.1) is 5.95 Å². The van der Waals surface area contributed by atoms with E-state index in [1.165, 1.54) is 0 Å². The SMILES string of the molecule is CC(C)N1CCC2(CC1)OC(=O)c1cc(-c3cc(-c4ccc5c(c4)CCNC5=O)c(N)nc3F)ccc1O2. The molecule has 3 N–H and O–H groups in total. The molecule has 1 amide bonds. The van der Waals surface area contributed by atoms with E-state index in [1.54, 1.807) is 36.4 Å². The average Bonchev–Trinajstić information content (AvgIpc) is 2.89. The van der Waals surface area contributed by atoms with Gasteiger partial charge in [0.15, 0.2) is 0 Å². The molecule has 6 rings (SSSR count). The lowest BCUT2D eigenvalue weighted by atomic mass is 9.93. The molecule has 0 atom stereocenters. The fourth-order valence-corrected chi connectivity index (χ4v) is 5.51. The van der Waals surface area contributed by atoms with E-state index in [0.29, 0.717) is 54.3 Å². The van der Waals surface area contributed by atoms with Gasteiger partial charge in [0, 0.05) is 55.2 Å². The molecule has 196 valence electrons. The van der Waals surface area contributed by atoms with Crippen LogP contribution in [0.3, 0.4) is 0 Å². The highest BCUT2D eigenvalue weighted by atomic mass is 19.1. The van der Waals surface area contributed by atoms with Crippen LogP contribution in [0.25, 0.3) is 22.3 Å². The number of benzene rings is 2. The van der Waals surface area contributed by atoms with Crippen molar-refractivity contribution in [1.29, 1.82) is 0 Å². The van der Waals surface area contributed by atoms with Crippen LogP contribution >= 0.6 is 0 Å². The maximum Gasteiger partial charge on any atom is 0.345 e. The van der Waals surface area contributed by atoms with Crippen molar-refractivity contribution in [3.05, 3.63) is 65.1 Å². The first-order chi connectivity index (χ1) is 18.2. The van der Waals surface area contributed by atoms with Crippen molar-refractivity contribution < 1.29 is 23.5 Å². The van der Waals surface area contributed by atoms with Gasteiger partial charge in [0.1, 0.15) is 17.1 Å². The number of fused-ring (bicyclic) bond motifs is 2. The summed E-state index contributed by atoms with van der Waals surface area (Å²) in [6, 6.07) is 12.4. The number of piperidine rings is 1. The van der Waals surface area contributed by atoms with Crippen LogP contribution in [0.15, 0.2) is 42.5 Å². The van der Waals surface area contributed by atoms with Gasteiger partial charge in [-0.3, -0.25) is 4.79 Å². The Morgan fingerprint density at radius 2 is 1.71 bits per heavy atom. The van der Waals surface area contributed by atoms with Gasteiger partial charge in [0.2, 0.25) is 5.95 Å². The molecule has 0 aliphatic carbocycles. The van der Waals surface area contributed by atoms with E-state index in [1.807, 2.05) is 6.07 Å². The summed E-state index contributed by atoms with van der Waals surface area (Å²) in [4.78, 5) is 31.5. The third-order valence-corrected chi connectivity index (χ3v) is 7.72. The largest absolute Gasteiger partial charge is 0.451 e. The number of anilines is 1. The number of esters is 1. The number of nitrogens with one attached hydrogen (secondary N) is 1. The summed E-state index contributed by atoms with van der Waals surface area (Å²) >= 11 is 0. The van der Waals surface area contributed by atoms with E-state index in [0.717, 1.165) is 24.2 Å². The highest BCUT2D eigenvalue weighted by Gasteiger charge is 2.45. The van der Waals surface area contributed by atoms with Gasteiger partial charge in [-0.15, -0.1) is 0 Å². The zero-order chi connectivity index (χ0) is 26.6. The van der Waals surface area contributed by atoms with Gasteiger partial charge in [-0.2, -0.15) is 4.39 Å². The number of amides is 1. The molecular weight excluding hydrogens is 487 g/mol. The lowest BCUT2D eigenvalue weighted by molar-refractivity contribution is -0.182. The van der Waals surface area contributed by atoms with Crippen molar-refractivity contribution in [2.75, 3.05) is 25.4 Å². The number of pyridine rings is 1. The number of nitrogen functional groups attached to an aromatic ring is 1. The fourth-order valence-electron chi connectivity index (χ4n) is 5.51. The summed E-state index contributed by atoms with van der Waals surface area (Å²) < 4.78 is 27.1. The molecule has 1 aromatic heterocycles. The molecule has 0 saturated carbocycles. The van der Waals surface area contributed by atoms with Gasteiger partial charge in [0.25, 0.3) is 11.7 Å². The number of ether oxygens (including phenoxy) is 2. The molecule has 4 heterocycles. The van der Waals surface area contributed by atoms with Crippen LogP contribution in [0.2, 0.25) is 0 Å². The molecule has 9 heteroatoms. The molecule has 0 radical (unpaired) electrons. The first-order valence-corrected chi connectivity index (χ1v) is 12.9. The third kappa shape index (κ3) is 4.16. The normalized spacial score (nSPS) is 18.4. The van der Waals surface area contributed by atoms with Gasteiger partial charge in [-0.25, -0.2) is 9.78 Å². The first-order valence-electron chi connectivity index (χ1n) is 12.9. The van der Waals surface area contributed by atoms with Crippen molar-refractivity contribution in [1.82, 2.24) is 15.2 Å². The number of nitrogens with zero attached hydrogens (tertiary/aromatic N) is 2. The first kappa shape index (κ1) is 24.4. The Bertz CT molecular complexity index is 1460. The Labute approximate surface area is 219 Å². The molecule has 0 unspecified atom stereocenters. The monoisotopic (exact) mass is 516 g/mol. The Morgan fingerprint density at radius 3 is 2.47 bits per heavy atom. The van der Waals surface area contributed by atoms with E-state index in [4.69, 9.17) is 15.2 Å². The van der Waals surface area contributed by atoms with Crippen LogP contribution in [-0.2, 0) is 11.2 Å². The van der Waals surface area contributed by atoms with E-state index >= 15 is 4.39 Å². The van der Waals surface area contributed by atoms with Crippen molar-refractivity contribution in [2.45, 2.75) is 44.9 Å². The van der Waals surface area contributed by atoms with Crippen molar-refractivity contribution in [3.63, 3.8) is 0 Å². The quantitative estimate of drug-likeness (QED) is 0.397.